The van der Waals surface area contributed by atoms with E-state index in [1.54, 1.807) is 13.0 Å². The van der Waals surface area contributed by atoms with Gasteiger partial charge in [-0.05, 0) is 42.9 Å². The Bertz CT molecular complexity index is 320. The SMILES string of the molecule is Cc1cc(C(Cl)CCC(C)C)ccc1F. The number of hydrogen-bond donors (Lipinski definition) is 0. The molecule has 1 atom stereocenters. The molecule has 1 aromatic carbocycles. The quantitative estimate of drug-likeness (QED) is 0.647. The lowest BCUT2D eigenvalue weighted by atomic mass is 10.0. The molecule has 0 fully saturated rings. The Hall–Kier alpha value is -0.560. The summed E-state index contributed by atoms with van der Waals surface area (Å²) in [5.74, 6) is 0.499. The maximum absolute atomic E-state index is 13.0. The lowest BCUT2D eigenvalue weighted by Gasteiger charge is -2.12. The molecule has 15 heavy (non-hydrogen) atoms. The van der Waals surface area contributed by atoms with Crippen molar-refractivity contribution in [3.8, 4) is 0 Å². The first-order valence-electron chi connectivity index (χ1n) is 5.41. The Morgan fingerprint density at radius 1 is 1.27 bits per heavy atom. The normalized spacial score (nSPS) is 13.2. The molecule has 1 unspecified atom stereocenters. The minimum atomic E-state index is -0.161. The lowest BCUT2D eigenvalue weighted by molar-refractivity contribution is 0.548. The van der Waals surface area contributed by atoms with Crippen molar-refractivity contribution in [1.82, 2.24) is 0 Å². The second-order valence-electron chi connectivity index (χ2n) is 4.45. The average Bonchev–Trinajstić information content (AvgIpc) is 2.18. The topological polar surface area (TPSA) is 0 Å². The average molecular weight is 229 g/mol. The largest absolute Gasteiger partial charge is 0.207 e. The minimum absolute atomic E-state index is 0.00620. The molecule has 0 radical (unpaired) electrons. The van der Waals surface area contributed by atoms with Crippen molar-refractivity contribution in [1.29, 1.82) is 0 Å². The van der Waals surface area contributed by atoms with Gasteiger partial charge < -0.3 is 0 Å². The summed E-state index contributed by atoms with van der Waals surface area (Å²) in [7, 11) is 0. The molecule has 0 aliphatic rings. The smallest absolute Gasteiger partial charge is 0.126 e. The number of benzene rings is 1. The highest BCUT2D eigenvalue weighted by molar-refractivity contribution is 6.20. The molecule has 1 aromatic rings. The van der Waals surface area contributed by atoms with Gasteiger partial charge in [-0.25, -0.2) is 4.39 Å². The first-order chi connectivity index (χ1) is 7.00. The van der Waals surface area contributed by atoms with Gasteiger partial charge in [-0.2, -0.15) is 0 Å². The Morgan fingerprint density at radius 3 is 2.47 bits per heavy atom. The predicted octanol–water partition coefficient (Wildman–Crippen LogP) is 4.85. The number of halogens is 2. The zero-order valence-corrected chi connectivity index (χ0v) is 10.3. The van der Waals surface area contributed by atoms with Gasteiger partial charge in [0.1, 0.15) is 5.82 Å². The van der Waals surface area contributed by atoms with Crippen LogP contribution in [-0.4, -0.2) is 0 Å². The van der Waals surface area contributed by atoms with Crippen molar-refractivity contribution in [3.63, 3.8) is 0 Å². The molecule has 84 valence electrons. The van der Waals surface area contributed by atoms with Crippen molar-refractivity contribution in [3.05, 3.63) is 35.1 Å². The van der Waals surface area contributed by atoms with E-state index < -0.39 is 0 Å². The third-order valence-corrected chi connectivity index (χ3v) is 3.01. The van der Waals surface area contributed by atoms with Gasteiger partial charge in [0.05, 0.1) is 5.38 Å². The van der Waals surface area contributed by atoms with E-state index in [1.807, 2.05) is 6.07 Å². The summed E-state index contributed by atoms with van der Waals surface area (Å²) in [5, 5.41) is 0.00620. The van der Waals surface area contributed by atoms with Gasteiger partial charge in [0, 0.05) is 0 Å². The second kappa shape index (κ2) is 5.50. The van der Waals surface area contributed by atoms with E-state index in [4.69, 9.17) is 11.6 Å². The van der Waals surface area contributed by atoms with E-state index in [0.29, 0.717) is 11.5 Å². The third-order valence-electron chi connectivity index (χ3n) is 2.54. The molecular weight excluding hydrogens is 211 g/mol. The summed E-state index contributed by atoms with van der Waals surface area (Å²) < 4.78 is 13.0. The summed E-state index contributed by atoms with van der Waals surface area (Å²) >= 11 is 6.25. The lowest BCUT2D eigenvalue weighted by Crippen LogP contribution is -1.96. The van der Waals surface area contributed by atoms with Crippen molar-refractivity contribution in [2.75, 3.05) is 0 Å². The van der Waals surface area contributed by atoms with Crippen LogP contribution in [0.25, 0.3) is 0 Å². The molecule has 0 aliphatic heterocycles. The maximum atomic E-state index is 13.0. The van der Waals surface area contributed by atoms with Crippen molar-refractivity contribution >= 4 is 11.6 Å². The van der Waals surface area contributed by atoms with E-state index in [-0.39, 0.29) is 11.2 Å². The number of aryl methyl sites for hydroxylation is 1. The summed E-state index contributed by atoms with van der Waals surface area (Å²) in [4.78, 5) is 0. The monoisotopic (exact) mass is 228 g/mol. The molecule has 2 heteroatoms. The maximum Gasteiger partial charge on any atom is 0.126 e. The van der Waals surface area contributed by atoms with Crippen LogP contribution in [0.1, 0.15) is 43.2 Å². The second-order valence-corrected chi connectivity index (χ2v) is 4.97. The van der Waals surface area contributed by atoms with Gasteiger partial charge >= 0.3 is 0 Å². The molecule has 0 amide bonds. The molecule has 0 saturated heterocycles. The van der Waals surface area contributed by atoms with Crippen LogP contribution in [0, 0.1) is 18.7 Å². The predicted molar refractivity (Wildman–Crippen MR) is 63.8 cm³/mol. The van der Waals surface area contributed by atoms with Crippen LogP contribution in [0.15, 0.2) is 18.2 Å². The van der Waals surface area contributed by atoms with Crippen molar-refractivity contribution in [2.45, 2.75) is 39.0 Å². The van der Waals surface area contributed by atoms with Gasteiger partial charge in [0.15, 0.2) is 0 Å². The molecule has 0 aromatic heterocycles. The zero-order chi connectivity index (χ0) is 11.4. The van der Waals surface area contributed by atoms with Crippen LogP contribution in [0.2, 0.25) is 0 Å². The summed E-state index contributed by atoms with van der Waals surface area (Å²) in [5.41, 5.74) is 1.69. The molecule has 0 nitrogen and oxygen atoms in total. The summed E-state index contributed by atoms with van der Waals surface area (Å²) in [6, 6.07) is 5.11. The van der Waals surface area contributed by atoms with Gasteiger partial charge in [0.2, 0.25) is 0 Å². The highest BCUT2D eigenvalue weighted by atomic mass is 35.5. The van der Waals surface area contributed by atoms with Gasteiger partial charge in [0.25, 0.3) is 0 Å². The molecule has 0 aliphatic carbocycles. The first-order valence-corrected chi connectivity index (χ1v) is 5.84. The molecule has 0 heterocycles. The van der Waals surface area contributed by atoms with E-state index in [2.05, 4.69) is 13.8 Å². The van der Waals surface area contributed by atoms with Gasteiger partial charge in [-0.15, -0.1) is 11.6 Å². The highest BCUT2D eigenvalue weighted by Crippen LogP contribution is 2.28. The number of rotatable bonds is 4. The molecule has 0 saturated carbocycles. The molecule has 0 bridgehead atoms. The summed E-state index contributed by atoms with van der Waals surface area (Å²) in [6.45, 7) is 6.13. The van der Waals surface area contributed by atoms with Crippen LogP contribution in [0.3, 0.4) is 0 Å². The van der Waals surface area contributed by atoms with Crippen LogP contribution < -0.4 is 0 Å². The fraction of sp³-hybridized carbons (Fsp3) is 0.538. The van der Waals surface area contributed by atoms with Crippen LogP contribution >= 0.6 is 11.6 Å². The van der Waals surface area contributed by atoms with E-state index >= 15 is 0 Å². The number of alkyl halides is 1. The van der Waals surface area contributed by atoms with Crippen molar-refractivity contribution in [2.24, 2.45) is 5.92 Å². The Morgan fingerprint density at radius 2 is 1.93 bits per heavy atom. The zero-order valence-electron chi connectivity index (χ0n) is 9.56. The number of hydrogen-bond acceptors (Lipinski definition) is 0. The van der Waals surface area contributed by atoms with Crippen LogP contribution in [0.4, 0.5) is 4.39 Å². The van der Waals surface area contributed by atoms with Gasteiger partial charge in [-0.3, -0.25) is 0 Å². The van der Waals surface area contributed by atoms with E-state index in [1.165, 1.54) is 6.07 Å². The standard InChI is InChI=1S/C13H18ClF/c1-9(2)4-6-12(14)11-5-7-13(15)10(3)8-11/h5,7-9,12H,4,6H2,1-3H3. The Balaban J connectivity index is 2.65. The van der Waals surface area contributed by atoms with Crippen molar-refractivity contribution < 1.29 is 4.39 Å². The van der Waals surface area contributed by atoms with Gasteiger partial charge in [-0.1, -0.05) is 26.0 Å². The fourth-order valence-electron chi connectivity index (χ4n) is 1.51. The highest BCUT2D eigenvalue weighted by Gasteiger charge is 2.10. The van der Waals surface area contributed by atoms with E-state index in [0.717, 1.165) is 18.4 Å². The molecule has 0 N–H and O–H groups in total. The molecule has 0 spiro atoms. The first kappa shape index (κ1) is 12.5. The third kappa shape index (κ3) is 3.83. The summed E-state index contributed by atoms with van der Waals surface area (Å²) in [6.07, 6.45) is 2.05. The Labute approximate surface area is 96.5 Å². The molecular formula is C13H18ClF. The minimum Gasteiger partial charge on any atom is -0.207 e. The van der Waals surface area contributed by atoms with Crippen LogP contribution in [0.5, 0.6) is 0 Å². The molecule has 1 rings (SSSR count). The van der Waals surface area contributed by atoms with Crippen LogP contribution in [-0.2, 0) is 0 Å². The fourth-order valence-corrected chi connectivity index (χ4v) is 1.77. The van der Waals surface area contributed by atoms with E-state index in [9.17, 15) is 4.39 Å². The Kier molecular flexibility index (Phi) is 4.59.